The van der Waals surface area contributed by atoms with Crippen LogP contribution < -0.4 is 10.1 Å². The Morgan fingerprint density at radius 1 is 1.26 bits per heavy atom. The minimum atomic E-state index is -0.464. The molecule has 23 heavy (non-hydrogen) atoms. The van der Waals surface area contributed by atoms with Crippen molar-refractivity contribution in [2.75, 3.05) is 7.11 Å². The third kappa shape index (κ3) is 3.66. The van der Waals surface area contributed by atoms with Gasteiger partial charge in [-0.25, -0.2) is 0 Å². The van der Waals surface area contributed by atoms with Gasteiger partial charge >= 0.3 is 0 Å². The second-order valence-electron chi connectivity index (χ2n) is 5.20. The van der Waals surface area contributed by atoms with E-state index in [1.165, 1.54) is 18.2 Å². The molecule has 1 unspecified atom stereocenters. The molecule has 0 aromatic heterocycles. The average molecular weight is 314 g/mol. The number of carbonyl (C=O) groups is 1. The molecule has 1 atom stereocenters. The highest BCUT2D eigenvalue weighted by molar-refractivity contribution is 5.95. The van der Waals surface area contributed by atoms with Gasteiger partial charge < -0.3 is 10.1 Å². The topological polar surface area (TPSA) is 81.5 Å². The molecular weight excluding hydrogens is 296 g/mol. The van der Waals surface area contributed by atoms with Gasteiger partial charge in [0.15, 0.2) is 0 Å². The van der Waals surface area contributed by atoms with Gasteiger partial charge in [-0.15, -0.1) is 0 Å². The number of hydrogen-bond acceptors (Lipinski definition) is 4. The van der Waals surface area contributed by atoms with Crippen LogP contribution in [0.25, 0.3) is 0 Å². The van der Waals surface area contributed by atoms with Crippen molar-refractivity contribution in [3.8, 4) is 5.75 Å². The molecule has 2 rings (SSSR count). The van der Waals surface area contributed by atoms with Crippen LogP contribution in [0.2, 0.25) is 0 Å². The smallest absolute Gasteiger partial charge is 0.272 e. The molecule has 120 valence electrons. The summed E-state index contributed by atoms with van der Waals surface area (Å²) in [5, 5.41) is 13.7. The fraction of sp³-hybridized carbons (Fsp3) is 0.235. The van der Waals surface area contributed by atoms with Gasteiger partial charge in [-0.3, -0.25) is 14.9 Å². The summed E-state index contributed by atoms with van der Waals surface area (Å²) in [6.45, 7) is 3.46. The maximum absolute atomic E-state index is 12.3. The molecule has 0 fully saturated rings. The lowest BCUT2D eigenvalue weighted by Gasteiger charge is -2.17. The monoisotopic (exact) mass is 314 g/mol. The van der Waals surface area contributed by atoms with E-state index in [0.29, 0.717) is 16.9 Å². The fourth-order valence-electron chi connectivity index (χ4n) is 2.38. The van der Waals surface area contributed by atoms with Gasteiger partial charge in [0.2, 0.25) is 0 Å². The van der Waals surface area contributed by atoms with Gasteiger partial charge in [-0.2, -0.15) is 0 Å². The quantitative estimate of drug-likeness (QED) is 0.677. The van der Waals surface area contributed by atoms with Crippen molar-refractivity contribution in [2.24, 2.45) is 0 Å². The van der Waals surface area contributed by atoms with E-state index >= 15 is 0 Å². The van der Waals surface area contributed by atoms with Crippen LogP contribution >= 0.6 is 0 Å². The molecule has 6 heteroatoms. The normalized spacial score (nSPS) is 11.6. The number of benzene rings is 2. The van der Waals surface area contributed by atoms with Crippen molar-refractivity contribution >= 4 is 11.6 Å². The molecule has 0 aliphatic rings. The van der Waals surface area contributed by atoms with E-state index < -0.39 is 4.92 Å². The summed E-state index contributed by atoms with van der Waals surface area (Å²) in [5.41, 5.74) is 1.70. The Balaban J connectivity index is 2.18. The van der Waals surface area contributed by atoms with Crippen LogP contribution in [0.4, 0.5) is 5.69 Å². The summed E-state index contributed by atoms with van der Waals surface area (Å²) in [7, 11) is 1.58. The summed E-state index contributed by atoms with van der Waals surface area (Å²) in [4.78, 5) is 22.7. The fourth-order valence-corrected chi connectivity index (χ4v) is 2.38. The van der Waals surface area contributed by atoms with Gasteiger partial charge in [0.1, 0.15) is 5.75 Å². The first-order valence-electron chi connectivity index (χ1n) is 7.13. The number of methoxy groups -OCH3 is 1. The minimum absolute atomic E-state index is 0.000623. The van der Waals surface area contributed by atoms with Gasteiger partial charge in [-0.05, 0) is 32.0 Å². The molecule has 2 aromatic carbocycles. The lowest BCUT2D eigenvalue weighted by atomic mass is 10.1. The van der Waals surface area contributed by atoms with Crippen LogP contribution in [0.15, 0.2) is 42.5 Å². The number of nitro benzene ring substituents is 1. The lowest BCUT2D eigenvalue weighted by molar-refractivity contribution is -0.385. The summed E-state index contributed by atoms with van der Waals surface area (Å²) in [5.74, 6) is 0.404. The first-order chi connectivity index (χ1) is 10.9. The molecule has 0 saturated carbocycles. The van der Waals surface area contributed by atoms with Crippen LogP contribution in [-0.4, -0.2) is 17.9 Å². The molecule has 0 spiro atoms. The molecule has 0 aliphatic heterocycles. The molecule has 0 heterocycles. The Morgan fingerprint density at radius 2 is 1.96 bits per heavy atom. The third-order valence-electron chi connectivity index (χ3n) is 3.61. The molecule has 0 saturated heterocycles. The van der Waals surface area contributed by atoms with Crippen LogP contribution in [0, 0.1) is 17.0 Å². The summed E-state index contributed by atoms with van der Waals surface area (Å²) in [6.07, 6.45) is 0. The predicted molar refractivity (Wildman–Crippen MR) is 86.7 cm³/mol. The van der Waals surface area contributed by atoms with Gasteiger partial charge in [-0.1, -0.05) is 18.2 Å². The van der Waals surface area contributed by atoms with Crippen molar-refractivity contribution in [1.82, 2.24) is 5.32 Å². The molecule has 1 N–H and O–H groups in total. The molecule has 0 bridgehead atoms. The van der Waals surface area contributed by atoms with Crippen molar-refractivity contribution in [1.29, 1.82) is 0 Å². The number of nitrogens with zero attached hydrogens (tertiary/aromatic N) is 1. The van der Waals surface area contributed by atoms with E-state index in [9.17, 15) is 14.9 Å². The number of nitro groups is 1. The maximum Gasteiger partial charge on any atom is 0.272 e. The Morgan fingerprint density at radius 3 is 2.57 bits per heavy atom. The van der Waals surface area contributed by atoms with Crippen LogP contribution in [0.3, 0.4) is 0 Å². The van der Waals surface area contributed by atoms with E-state index in [-0.39, 0.29) is 17.6 Å². The Kier molecular flexibility index (Phi) is 4.95. The van der Waals surface area contributed by atoms with E-state index in [1.54, 1.807) is 14.0 Å². The Hall–Kier alpha value is -2.89. The summed E-state index contributed by atoms with van der Waals surface area (Å²) in [6, 6.07) is 11.5. The van der Waals surface area contributed by atoms with E-state index in [1.807, 2.05) is 31.2 Å². The molecule has 6 nitrogen and oxygen atoms in total. The van der Waals surface area contributed by atoms with Crippen molar-refractivity contribution in [3.63, 3.8) is 0 Å². The number of nitrogens with one attached hydrogen (secondary N) is 1. The van der Waals surface area contributed by atoms with E-state index in [0.717, 1.165) is 5.56 Å². The van der Waals surface area contributed by atoms with Gasteiger partial charge in [0.25, 0.3) is 11.6 Å². The predicted octanol–water partition coefficient (Wildman–Crippen LogP) is 3.40. The molecule has 1 amide bonds. The zero-order valence-electron chi connectivity index (χ0n) is 13.2. The van der Waals surface area contributed by atoms with Crippen LogP contribution in [0.5, 0.6) is 5.75 Å². The number of ether oxygens (including phenoxy) is 1. The first kappa shape index (κ1) is 16.5. The second-order valence-corrected chi connectivity index (χ2v) is 5.20. The first-order valence-corrected chi connectivity index (χ1v) is 7.13. The van der Waals surface area contributed by atoms with Crippen LogP contribution in [-0.2, 0) is 0 Å². The summed E-state index contributed by atoms with van der Waals surface area (Å²) < 4.78 is 5.29. The zero-order chi connectivity index (χ0) is 17.0. The van der Waals surface area contributed by atoms with E-state index in [4.69, 9.17) is 4.74 Å². The number of rotatable bonds is 5. The van der Waals surface area contributed by atoms with Crippen molar-refractivity contribution in [3.05, 3.63) is 69.3 Å². The lowest BCUT2D eigenvalue weighted by Crippen LogP contribution is -2.27. The number of hydrogen-bond donors (Lipinski definition) is 1. The van der Waals surface area contributed by atoms with Crippen LogP contribution in [0.1, 0.15) is 34.5 Å². The number of amides is 1. The zero-order valence-corrected chi connectivity index (χ0v) is 13.2. The number of para-hydroxylation sites is 1. The second kappa shape index (κ2) is 6.91. The maximum atomic E-state index is 12.3. The molecule has 2 aromatic rings. The standard InChI is InChI=1S/C17H18N2O4/c1-11-10-13(8-9-15(11)19(21)22)17(20)18-12(2)14-6-4-5-7-16(14)23-3/h4-10,12H,1-3H3,(H,18,20). The molecule has 0 aliphatic carbocycles. The van der Waals surface area contributed by atoms with Gasteiger partial charge in [0, 0.05) is 22.8 Å². The van der Waals surface area contributed by atoms with Gasteiger partial charge in [0.05, 0.1) is 18.1 Å². The highest BCUT2D eigenvalue weighted by Gasteiger charge is 2.17. The number of carbonyl (C=O) groups excluding carboxylic acids is 1. The summed E-state index contributed by atoms with van der Waals surface area (Å²) >= 11 is 0. The largest absolute Gasteiger partial charge is 0.496 e. The Labute approximate surface area is 134 Å². The Bertz CT molecular complexity index is 743. The highest BCUT2D eigenvalue weighted by atomic mass is 16.6. The molecule has 0 radical (unpaired) electrons. The third-order valence-corrected chi connectivity index (χ3v) is 3.61. The number of aryl methyl sites for hydroxylation is 1. The van der Waals surface area contributed by atoms with Crippen molar-refractivity contribution < 1.29 is 14.5 Å². The average Bonchev–Trinajstić information content (AvgIpc) is 2.54. The minimum Gasteiger partial charge on any atom is -0.496 e. The molecular formula is C17H18N2O4. The SMILES string of the molecule is COc1ccccc1C(C)NC(=O)c1ccc([N+](=O)[O-])c(C)c1. The highest BCUT2D eigenvalue weighted by Crippen LogP contribution is 2.25. The van der Waals surface area contributed by atoms with Crippen molar-refractivity contribution in [2.45, 2.75) is 19.9 Å². The van der Waals surface area contributed by atoms with E-state index in [2.05, 4.69) is 5.32 Å².